The third kappa shape index (κ3) is 7.89. The van der Waals surface area contributed by atoms with E-state index >= 15 is 0 Å². The van der Waals surface area contributed by atoms with Crippen molar-refractivity contribution in [3.8, 4) is 0 Å². The highest BCUT2D eigenvalue weighted by Gasteiger charge is 2.38. The largest absolute Gasteiger partial charge is 0.516 e. The number of nitrogens with one attached hydrogen (secondary N) is 2. The van der Waals surface area contributed by atoms with Gasteiger partial charge in [-0.15, -0.1) is 0 Å². The first-order chi connectivity index (χ1) is 8.24. The van der Waals surface area contributed by atoms with Crippen LogP contribution in [0, 0.1) is 0 Å². The molecule has 0 aromatic carbocycles. The zero-order valence-corrected chi connectivity index (χ0v) is 13.0. The fraction of sp³-hybridized carbons (Fsp3) is 1.00. The second-order valence-electron chi connectivity index (χ2n) is 4.17. The van der Waals surface area contributed by atoms with E-state index in [9.17, 15) is 0 Å². The molecule has 0 spiro atoms. The van der Waals surface area contributed by atoms with Crippen LogP contribution in [0.25, 0.3) is 0 Å². The van der Waals surface area contributed by atoms with Crippen molar-refractivity contribution in [1.29, 1.82) is 0 Å². The van der Waals surface area contributed by atoms with E-state index in [1.807, 2.05) is 0 Å². The molecule has 5 heteroatoms. The van der Waals surface area contributed by atoms with Gasteiger partial charge in [-0.2, -0.15) is 0 Å². The predicted octanol–water partition coefficient (Wildman–Crippen LogP) is 2.27. The van der Waals surface area contributed by atoms with Gasteiger partial charge in [-0.25, -0.2) is 0 Å². The standard InChI is InChI=1S/C12H30N2O2Si/c1-5-9-13-17(14-10-6-2,15-11-7-3)16-12-8-4/h13-14H,5-12H2,1-4H3. The van der Waals surface area contributed by atoms with E-state index in [0.29, 0.717) is 0 Å². The highest BCUT2D eigenvalue weighted by Crippen LogP contribution is 2.03. The quantitative estimate of drug-likeness (QED) is 0.530. The summed E-state index contributed by atoms with van der Waals surface area (Å²) < 4.78 is 12.0. The summed E-state index contributed by atoms with van der Waals surface area (Å²) in [5.74, 6) is 0. The zero-order valence-electron chi connectivity index (χ0n) is 12.0. The van der Waals surface area contributed by atoms with Gasteiger partial charge in [-0.05, 0) is 38.8 Å². The van der Waals surface area contributed by atoms with Crippen LogP contribution in [-0.4, -0.2) is 35.2 Å². The van der Waals surface area contributed by atoms with Crippen molar-refractivity contribution in [2.45, 2.75) is 53.4 Å². The molecule has 0 aliphatic rings. The summed E-state index contributed by atoms with van der Waals surface area (Å²) >= 11 is 0. The molecule has 0 saturated heterocycles. The average molecular weight is 262 g/mol. The molecule has 0 radical (unpaired) electrons. The van der Waals surface area contributed by atoms with Crippen LogP contribution in [0.4, 0.5) is 0 Å². The van der Waals surface area contributed by atoms with E-state index < -0.39 is 8.88 Å². The topological polar surface area (TPSA) is 42.5 Å². The maximum atomic E-state index is 5.98. The van der Waals surface area contributed by atoms with Gasteiger partial charge in [0, 0.05) is 13.2 Å². The van der Waals surface area contributed by atoms with E-state index in [2.05, 4.69) is 37.7 Å². The van der Waals surface area contributed by atoms with Crippen LogP contribution in [0.2, 0.25) is 0 Å². The molecule has 104 valence electrons. The predicted molar refractivity (Wildman–Crippen MR) is 74.8 cm³/mol. The molecule has 0 amide bonds. The lowest BCUT2D eigenvalue weighted by Crippen LogP contribution is -2.67. The molecule has 0 heterocycles. The minimum absolute atomic E-state index is 0.753. The van der Waals surface area contributed by atoms with Crippen LogP contribution in [-0.2, 0) is 8.85 Å². The first-order valence-electron chi connectivity index (χ1n) is 7.02. The van der Waals surface area contributed by atoms with Gasteiger partial charge in [0.2, 0.25) is 0 Å². The summed E-state index contributed by atoms with van der Waals surface area (Å²) in [5.41, 5.74) is 0. The molecular formula is C12H30N2O2Si. The van der Waals surface area contributed by atoms with Crippen LogP contribution in [0.5, 0.6) is 0 Å². The van der Waals surface area contributed by atoms with Crippen LogP contribution in [0.1, 0.15) is 53.4 Å². The van der Waals surface area contributed by atoms with Gasteiger partial charge in [0.15, 0.2) is 0 Å². The van der Waals surface area contributed by atoms with E-state index in [1.165, 1.54) is 0 Å². The lowest BCUT2D eigenvalue weighted by Gasteiger charge is -2.31. The number of hydrogen-bond acceptors (Lipinski definition) is 4. The van der Waals surface area contributed by atoms with Crippen molar-refractivity contribution in [1.82, 2.24) is 9.96 Å². The second kappa shape index (κ2) is 11.2. The molecule has 0 bridgehead atoms. The lowest BCUT2D eigenvalue weighted by atomic mass is 10.5. The normalized spacial score (nSPS) is 12.0. The third-order valence-corrected chi connectivity index (χ3v) is 4.89. The first-order valence-corrected chi connectivity index (χ1v) is 8.84. The van der Waals surface area contributed by atoms with Gasteiger partial charge in [0.1, 0.15) is 0 Å². The van der Waals surface area contributed by atoms with Crippen molar-refractivity contribution in [3.63, 3.8) is 0 Å². The second-order valence-corrected chi connectivity index (χ2v) is 6.68. The molecule has 0 aromatic rings. The van der Waals surface area contributed by atoms with Gasteiger partial charge in [-0.3, -0.25) is 9.96 Å². The van der Waals surface area contributed by atoms with Crippen LogP contribution in [0.15, 0.2) is 0 Å². The molecule has 0 fully saturated rings. The molecule has 17 heavy (non-hydrogen) atoms. The Balaban J connectivity index is 4.39. The minimum atomic E-state index is -2.38. The Hall–Kier alpha value is 0.0569. The molecule has 0 aliphatic carbocycles. The summed E-state index contributed by atoms with van der Waals surface area (Å²) in [6.07, 6.45) is 4.22. The molecule has 0 unspecified atom stereocenters. The summed E-state index contributed by atoms with van der Waals surface area (Å²) in [4.78, 5) is 6.94. The first kappa shape index (κ1) is 17.1. The van der Waals surface area contributed by atoms with Gasteiger partial charge in [-0.1, -0.05) is 27.7 Å². The van der Waals surface area contributed by atoms with Crippen LogP contribution in [0.3, 0.4) is 0 Å². The van der Waals surface area contributed by atoms with Gasteiger partial charge < -0.3 is 8.85 Å². The van der Waals surface area contributed by atoms with E-state index in [-0.39, 0.29) is 0 Å². The van der Waals surface area contributed by atoms with Crippen molar-refractivity contribution in [3.05, 3.63) is 0 Å². The van der Waals surface area contributed by atoms with Gasteiger partial charge >= 0.3 is 8.88 Å². The van der Waals surface area contributed by atoms with Gasteiger partial charge in [0.05, 0.1) is 0 Å². The highest BCUT2D eigenvalue weighted by atomic mass is 28.4. The minimum Gasteiger partial charge on any atom is -0.371 e. The maximum Gasteiger partial charge on any atom is 0.516 e. The van der Waals surface area contributed by atoms with Crippen molar-refractivity contribution in [2.75, 3.05) is 26.3 Å². The Morgan fingerprint density at radius 1 is 0.706 bits per heavy atom. The zero-order chi connectivity index (χ0) is 13.0. The Morgan fingerprint density at radius 2 is 1.12 bits per heavy atom. The maximum absolute atomic E-state index is 5.98. The Labute approximate surface area is 108 Å². The molecule has 0 aromatic heterocycles. The number of hydrogen-bond donors (Lipinski definition) is 2. The van der Waals surface area contributed by atoms with Gasteiger partial charge in [0.25, 0.3) is 0 Å². The fourth-order valence-corrected chi connectivity index (χ4v) is 4.14. The molecule has 0 rings (SSSR count). The SMILES string of the molecule is CCCN[Si](NCCC)(OCCC)OCCC. The summed E-state index contributed by atoms with van der Waals surface area (Å²) in [5, 5.41) is 0. The number of rotatable bonds is 12. The van der Waals surface area contributed by atoms with E-state index in [1.54, 1.807) is 0 Å². The average Bonchev–Trinajstić information content (AvgIpc) is 2.37. The molecular weight excluding hydrogens is 232 g/mol. The fourth-order valence-electron chi connectivity index (χ4n) is 1.38. The Morgan fingerprint density at radius 3 is 1.41 bits per heavy atom. The Kier molecular flexibility index (Phi) is 11.2. The van der Waals surface area contributed by atoms with E-state index in [0.717, 1.165) is 52.0 Å². The molecule has 0 atom stereocenters. The van der Waals surface area contributed by atoms with Crippen LogP contribution >= 0.6 is 0 Å². The van der Waals surface area contributed by atoms with E-state index in [4.69, 9.17) is 8.85 Å². The van der Waals surface area contributed by atoms with Crippen molar-refractivity contribution in [2.24, 2.45) is 0 Å². The summed E-state index contributed by atoms with van der Waals surface area (Å²) in [7, 11) is -2.38. The lowest BCUT2D eigenvalue weighted by molar-refractivity contribution is 0.145. The molecule has 0 aliphatic heterocycles. The summed E-state index contributed by atoms with van der Waals surface area (Å²) in [6.45, 7) is 12.0. The smallest absolute Gasteiger partial charge is 0.371 e. The monoisotopic (exact) mass is 262 g/mol. The van der Waals surface area contributed by atoms with Crippen LogP contribution < -0.4 is 9.96 Å². The van der Waals surface area contributed by atoms with Crippen molar-refractivity contribution < 1.29 is 8.85 Å². The molecule has 4 nitrogen and oxygen atoms in total. The Bertz CT molecular complexity index is 133. The summed E-state index contributed by atoms with van der Waals surface area (Å²) in [6, 6.07) is 0. The highest BCUT2D eigenvalue weighted by molar-refractivity contribution is 6.62. The third-order valence-electron chi connectivity index (χ3n) is 2.23. The van der Waals surface area contributed by atoms with Crippen molar-refractivity contribution >= 4 is 8.88 Å². The molecule has 2 N–H and O–H groups in total. The molecule has 0 saturated carbocycles.